The van der Waals surface area contributed by atoms with Gasteiger partial charge in [0.05, 0.1) is 24.1 Å². The number of likely N-dealkylation sites (N-methyl/N-ethyl adjacent to an activating group) is 1. The summed E-state index contributed by atoms with van der Waals surface area (Å²) in [7, 11) is -1.31. The summed E-state index contributed by atoms with van der Waals surface area (Å²) in [6.07, 6.45) is 0.424. The average molecular weight is 383 g/mol. The monoisotopic (exact) mass is 382 g/mol. The number of amides is 2. The van der Waals surface area contributed by atoms with E-state index in [-0.39, 0.29) is 36.4 Å². The maximum Gasteiger partial charge on any atom is 0.279 e. The Morgan fingerprint density at radius 3 is 2.46 bits per heavy atom. The second-order valence-electron chi connectivity index (χ2n) is 7.56. The molecule has 1 aromatic rings. The lowest BCUT2D eigenvalue weighted by Crippen LogP contribution is -3.11. The average Bonchev–Trinajstić information content (AvgIpc) is 2.76. The first-order chi connectivity index (χ1) is 12.0. The molecule has 1 aliphatic heterocycles. The van der Waals surface area contributed by atoms with E-state index in [4.69, 9.17) is 0 Å². The number of carbonyl (C=O) groups excluding carboxylic acids is 2. The van der Waals surface area contributed by atoms with E-state index >= 15 is 0 Å². The molecule has 2 rings (SSSR count). The predicted octanol–water partition coefficient (Wildman–Crippen LogP) is -0.550. The van der Waals surface area contributed by atoms with Crippen LogP contribution in [0.2, 0.25) is 0 Å². The minimum absolute atomic E-state index is 0.0299. The molecule has 7 nitrogen and oxygen atoms in total. The molecule has 1 unspecified atom stereocenters. The van der Waals surface area contributed by atoms with Crippen LogP contribution in [-0.4, -0.2) is 57.4 Å². The molecule has 1 aliphatic rings. The molecule has 0 bridgehead atoms. The molecule has 144 valence electrons. The van der Waals surface area contributed by atoms with Crippen molar-refractivity contribution in [2.24, 2.45) is 0 Å². The van der Waals surface area contributed by atoms with Crippen LogP contribution in [-0.2, 0) is 19.4 Å². The Balaban J connectivity index is 1.84. The molecular formula is C18H28N3O4S+. The number of hydrogen-bond acceptors (Lipinski definition) is 4. The molecule has 1 heterocycles. The first-order valence-electron chi connectivity index (χ1n) is 8.68. The van der Waals surface area contributed by atoms with Gasteiger partial charge in [0, 0.05) is 5.69 Å². The lowest BCUT2D eigenvalue weighted by atomic mass is 10.0. The fraction of sp³-hybridized carbons (Fsp3) is 0.556. The van der Waals surface area contributed by atoms with Gasteiger partial charge in [-0.15, -0.1) is 0 Å². The highest BCUT2D eigenvalue weighted by atomic mass is 32.2. The van der Waals surface area contributed by atoms with Gasteiger partial charge in [0.25, 0.3) is 11.8 Å². The summed E-state index contributed by atoms with van der Waals surface area (Å²) in [5.41, 5.74) is 2.18. The zero-order valence-corrected chi connectivity index (χ0v) is 16.6. The second kappa shape index (κ2) is 7.75. The molecule has 0 aliphatic carbocycles. The highest BCUT2D eigenvalue weighted by Crippen LogP contribution is 2.22. The lowest BCUT2D eigenvalue weighted by molar-refractivity contribution is -0.862. The van der Waals surface area contributed by atoms with Crippen molar-refractivity contribution in [1.29, 1.82) is 0 Å². The van der Waals surface area contributed by atoms with Gasteiger partial charge in [0.15, 0.2) is 22.9 Å². The Kier molecular flexibility index (Phi) is 6.08. The summed E-state index contributed by atoms with van der Waals surface area (Å²) in [6, 6.07) is 5.72. The molecule has 2 amide bonds. The molecule has 1 aromatic carbocycles. The van der Waals surface area contributed by atoms with Crippen LogP contribution >= 0.6 is 0 Å². The van der Waals surface area contributed by atoms with Crippen molar-refractivity contribution in [2.75, 3.05) is 37.0 Å². The quantitative estimate of drug-likeness (QED) is 0.615. The van der Waals surface area contributed by atoms with Crippen molar-refractivity contribution >= 4 is 27.3 Å². The fourth-order valence-electron chi connectivity index (χ4n) is 3.18. The molecule has 1 fully saturated rings. The van der Waals surface area contributed by atoms with E-state index in [1.165, 1.54) is 0 Å². The summed E-state index contributed by atoms with van der Waals surface area (Å²) >= 11 is 0. The third kappa shape index (κ3) is 5.54. The van der Waals surface area contributed by atoms with Crippen LogP contribution in [0.5, 0.6) is 0 Å². The number of nitrogens with one attached hydrogen (secondary N) is 3. The van der Waals surface area contributed by atoms with Crippen molar-refractivity contribution in [3.05, 3.63) is 29.3 Å². The number of quaternary nitrogens is 1. The van der Waals surface area contributed by atoms with Crippen LogP contribution in [0.25, 0.3) is 0 Å². The van der Waals surface area contributed by atoms with E-state index in [9.17, 15) is 18.0 Å². The van der Waals surface area contributed by atoms with Crippen LogP contribution in [0.3, 0.4) is 0 Å². The first-order valence-corrected chi connectivity index (χ1v) is 10.5. The van der Waals surface area contributed by atoms with Gasteiger partial charge in [-0.1, -0.05) is 12.1 Å². The van der Waals surface area contributed by atoms with Crippen LogP contribution in [0.1, 0.15) is 24.5 Å². The van der Waals surface area contributed by atoms with Crippen molar-refractivity contribution in [2.45, 2.75) is 32.7 Å². The normalized spacial score (nSPS) is 22.6. The third-order valence-electron chi connectivity index (χ3n) is 4.75. The number of carbonyl (C=O) groups is 2. The molecular weight excluding hydrogens is 354 g/mol. The van der Waals surface area contributed by atoms with E-state index in [1.54, 1.807) is 14.0 Å². The topological polar surface area (TPSA) is 96.8 Å². The molecule has 26 heavy (non-hydrogen) atoms. The van der Waals surface area contributed by atoms with Crippen LogP contribution in [0, 0.1) is 13.8 Å². The van der Waals surface area contributed by atoms with Crippen LogP contribution in [0.4, 0.5) is 5.69 Å². The maximum atomic E-state index is 12.2. The Hall–Kier alpha value is -1.93. The molecule has 0 saturated carbocycles. The fourth-order valence-corrected chi connectivity index (χ4v) is 5.27. The largest absolute Gasteiger partial charge is 0.345 e. The summed E-state index contributed by atoms with van der Waals surface area (Å²) in [5.74, 6) is -0.344. The minimum atomic E-state index is -3.07. The number of anilines is 1. The van der Waals surface area contributed by atoms with Gasteiger partial charge < -0.3 is 15.5 Å². The standard InChI is InChI=1S/C18H27N3O4S/c1-13-6-5-7-15(14(13)2)19-16(22)10-21(4)11-17(23)20-18(3)8-9-26(24,25)12-18/h5-7H,8-12H2,1-4H3,(H,19,22)(H,20,23)/p+1/t18-/m1/s1. The molecule has 3 N–H and O–H groups in total. The third-order valence-corrected chi connectivity index (χ3v) is 6.65. The van der Waals surface area contributed by atoms with Gasteiger partial charge in [-0.25, -0.2) is 8.42 Å². The van der Waals surface area contributed by atoms with Gasteiger partial charge in [-0.05, 0) is 44.4 Å². The Bertz CT molecular complexity index is 807. The SMILES string of the molecule is Cc1cccc(NC(=O)C[NH+](C)CC(=O)N[C@]2(C)CCS(=O)(=O)C2)c1C. The highest BCUT2D eigenvalue weighted by Gasteiger charge is 2.39. The van der Waals surface area contributed by atoms with Crippen molar-refractivity contribution < 1.29 is 22.9 Å². The number of benzene rings is 1. The summed E-state index contributed by atoms with van der Waals surface area (Å²) in [6.45, 7) is 5.94. The van der Waals surface area contributed by atoms with Crippen molar-refractivity contribution in [3.8, 4) is 0 Å². The minimum Gasteiger partial charge on any atom is -0.345 e. The summed E-state index contributed by atoms with van der Waals surface area (Å²) in [4.78, 5) is 25.2. The van der Waals surface area contributed by atoms with E-state index in [0.717, 1.165) is 21.7 Å². The Labute approximate surface area is 155 Å². The van der Waals surface area contributed by atoms with E-state index in [1.807, 2.05) is 32.0 Å². The molecule has 0 aromatic heterocycles. The van der Waals surface area contributed by atoms with Crippen LogP contribution < -0.4 is 15.5 Å². The van der Waals surface area contributed by atoms with Gasteiger partial charge in [-0.3, -0.25) is 9.59 Å². The Morgan fingerprint density at radius 1 is 1.19 bits per heavy atom. The number of hydrogen-bond donors (Lipinski definition) is 3. The molecule has 8 heteroatoms. The predicted molar refractivity (Wildman–Crippen MR) is 101 cm³/mol. The van der Waals surface area contributed by atoms with Crippen LogP contribution in [0.15, 0.2) is 18.2 Å². The van der Waals surface area contributed by atoms with Gasteiger partial charge >= 0.3 is 0 Å². The van der Waals surface area contributed by atoms with E-state index < -0.39 is 15.4 Å². The summed E-state index contributed by atoms with van der Waals surface area (Å²) < 4.78 is 23.2. The van der Waals surface area contributed by atoms with Gasteiger partial charge in [0.2, 0.25) is 0 Å². The maximum absolute atomic E-state index is 12.2. The van der Waals surface area contributed by atoms with Gasteiger partial charge in [-0.2, -0.15) is 0 Å². The van der Waals surface area contributed by atoms with E-state index in [0.29, 0.717) is 6.42 Å². The molecule has 0 radical (unpaired) electrons. The van der Waals surface area contributed by atoms with Crippen molar-refractivity contribution in [3.63, 3.8) is 0 Å². The highest BCUT2D eigenvalue weighted by molar-refractivity contribution is 7.91. The zero-order chi connectivity index (χ0) is 19.5. The van der Waals surface area contributed by atoms with E-state index in [2.05, 4.69) is 10.6 Å². The zero-order valence-electron chi connectivity index (χ0n) is 15.8. The molecule has 0 spiro atoms. The number of aryl methyl sites for hydroxylation is 1. The molecule has 2 atom stereocenters. The second-order valence-corrected chi connectivity index (χ2v) is 9.74. The van der Waals surface area contributed by atoms with Gasteiger partial charge in [0.1, 0.15) is 0 Å². The molecule has 1 saturated heterocycles. The van der Waals surface area contributed by atoms with Crippen molar-refractivity contribution in [1.82, 2.24) is 5.32 Å². The summed E-state index contributed by atoms with van der Waals surface area (Å²) in [5, 5.41) is 5.69. The number of sulfone groups is 1. The number of rotatable bonds is 6. The smallest absolute Gasteiger partial charge is 0.279 e. The lowest BCUT2D eigenvalue weighted by Gasteiger charge is -2.24. The first kappa shape index (κ1) is 20.4. The Morgan fingerprint density at radius 2 is 1.85 bits per heavy atom.